The first-order valence-corrected chi connectivity index (χ1v) is 6.53. The van der Waals surface area contributed by atoms with Crippen molar-refractivity contribution in [3.05, 3.63) is 23.6 Å². The first-order valence-electron chi connectivity index (χ1n) is 5.70. The van der Waals surface area contributed by atoms with E-state index in [9.17, 15) is 4.79 Å². The van der Waals surface area contributed by atoms with Gasteiger partial charge in [-0.3, -0.25) is 9.63 Å². The Morgan fingerprint density at radius 1 is 1.35 bits per heavy atom. The average Bonchev–Trinajstić information content (AvgIpc) is 2.52. The molecule has 5 heteroatoms. The van der Waals surface area contributed by atoms with E-state index in [1.54, 1.807) is 25.3 Å². The van der Waals surface area contributed by atoms with E-state index in [2.05, 4.69) is 14.3 Å². The number of allylic oxidation sites excluding steroid dienone is 3. The van der Waals surface area contributed by atoms with Crippen LogP contribution in [0.5, 0.6) is 0 Å². The van der Waals surface area contributed by atoms with Gasteiger partial charge in [0.1, 0.15) is 12.9 Å². The van der Waals surface area contributed by atoms with Crippen LogP contribution in [0.15, 0.2) is 23.6 Å². The molecule has 17 heavy (non-hydrogen) atoms. The topological polar surface area (TPSA) is 43.5 Å². The Hall–Kier alpha value is -1.07. The van der Waals surface area contributed by atoms with E-state index >= 15 is 0 Å². The lowest BCUT2D eigenvalue weighted by Crippen LogP contribution is -2.66. The van der Waals surface area contributed by atoms with Gasteiger partial charge in [0.05, 0.1) is 6.54 Å². The lowest BCUT2D eigenvalue weighted by Gasteiger charge is -2.14. The zero-order valence-electron chi connectivity index (χ0n) is 10.1. The molecule has 1 aliphatic rings. The molecule has 94 valence electrons. The zero-order valence-corrected chi connectivity index (χ0v) is 10.9. The highest BCUT2D eigenvalue weighted by atomic mass is 32.2. The third kappa shape index (κ3) is 6.97. The Morgan fingerprint density at radius 2 is 2.24 bits per heavy atom. The Balaban J connectivity index is 2.24. The molecule has 0 amide bonds. The molecule has 0 aromatic rings. The number of ketones is 1. The minimum Gasteiger partial charge on any atom is -0.298 e. The van der Waals surface area contributed by atoms with E-state index in [0.29, 0.717) is 12.3 Å². The molecule has 1 heterocycles. The molecule has 1 N–H and O–H groups in total. The minimum atomic E-state index is 0.344. The third-order valence-electron chi connectivity index (χ3n) is 2.26. The summed E-state index contributed by atoms with van der Waals surface area (Å²) in [6, 6.07) is 0. The number of nitrogens with zero attached hydrogens (tertiary/aromatic N) is 1. The maximum absolute atomic E-state index is 11.4. The van der Waals surface area contributed by atoms with Crippen LogP contribution < -0.4 is 5.16 Å². The largest absolute Gasteiger partial charge is 0.298 e. The molecule has 0 aromatic carbocycles. The first kappa shape index (κ1) is 14.0. The van der Waals surface area contributed by atoms with Crippen molar-refractivity contribution >= 4 is 23.9 Å². The number of carbonyl (C=O) groups is 1. The van der Waals surface area contributed by atoms with Crippen molar-refractivity contribution in [1.82, 2.24) is 4.31 Å². The van der Waals surface area contributed by atoms with Crippen LogP contribution >= 0.6 is 11.9 Å². The highest BCUT2D eigenvalue weighted by Crippen LogP contribution is 2.16. The summed E-state index contributed by atoms with van der Waals surface area (Å²) >= 11 is 1.59. The van der Waals surface area contributed by atoms with Gasteiger partial charge in [-0.25, -0.2) is 4.31 Å². The van der Waals surface area contributed by atoms with Gasteiger partial charge in [-0.2, -0.15) is 0 Å². The van der Waals surface area contributed by atoms with Gasteiger partial charge in [0.25, 0.3) is 0 Å². The van der Waals surface area contributed by atoms with Crippen LogP contribution in [0, 0.1) is 0 Å². The molecule has 1 rings (SSSR count). The van der Waals surface area contributed by atoms with E-state index in [0.717, 1.165) is 25.8 Å². The second-order valence-electron chi connectivity index (χ2n) is 3.67. The normalized spacial score (nSPS) is 19.5. The molecule has 0 bridgehead atoms. The summed E-state index contributed by atoms with van der Waals surface area (Å²) in [6.45, 7) is 1.55. The summed E-state index contributed by atoms with van der Waals surface area (Å²) < 4.78 is 2.11. The SMILES string of the molecule is CO/[NH+]=C/C=C\C=C\SN1CCCCC(=O)C1. The zero-order chi connectivity index (χ0) is 12.3. The molecule has 1 saturated heterocycles. The maximum atomic E-state index is 11.4. The molecule has 0 spiro atoms. The maximum Gasteiger partial charge on any atom is 0.213 e. The molecule has 0 aliphatic carbocycles. The number of Topliss-reactive ketones (excluding diaryl/α,β-unsaturated/α-hetero) is 1. The van der Waals surface area contributed by atoms with Gasteiger partial charge in [0.2, 0.25) is 6.21 Å². The Bertz CT molecular complexity index is 314. The first-order chi connectivity index (χ1) is 8.33. The lowest BCUT2D eigenvalue weighted by atomic mass is 10.2. The van der Waals surface area contributed by atoms with Gasteiger partial charge in [-0.15, -0.1) is 0 Å². The average molecular weight is 255 g/mol. The van der Waals surface area contributed by atoms with E-state index in [1.807, 2.05) is 23.6 Å². The fourth-order valence-corrected chi connectivity index (χ4v) is 2.23. The number of hydrogen-bond donors (Lipinski definition) is 1. The number of nitrogens with one attached hydrogen (secondary N) is 1. The molecular formula is C12H19N2O2S+. The van der Waals surface area contributed by atoms with Crippen LogP contribution in [0.25, 0.3) is 0 Å². The summed E-state index contributed by atoms with van der Waals surface area (Å²) in [5.41, 5.74) is 0. The van der Waals surface area contributed by atoms with Crippen molar-refractivity contribution in [3.8, 4) is 0 Å². The van der Waals surface area contributed by atoms with Gasteiger partial charge < -0.3 is 0 Å². The number of hydrogen-bond acceptors (Lipinski definition) is 4. The second kappa shape index (κ2) is 9.01. The lowest BCUT2D eigenvalue weighted by molar-refractivity contribution is -0.740. The molecule has 1 fully saturated rings. The van der Waals surface area contributed by atoms with E-state index in [1.165, 1.54) is 0 Å². The van der Waals surface area contributed by atoms with Gasteiger partial charge in [0, 0.05) is 19.0 Å². The Labute approximate surface area is 107 Å². The molecule has 4 nitrogen and oxygen atoms in total. The van der Waals surface area contributed by atoms with Crippen LogP contribution in [0.1, 0.15) is 19.3 Å². The molecule has 0 radical (unpaired) electrons. The van der Waals surface area contributed by atoms with Crippen LogP contribution in [-0.2, 0) is 9.63 Å². The van der Waals surface area contributed by atoms with Gasteiger partial charge >= 0.3 is 0 Å². The number of rotatable bonds is 5. The predicted octanol–water partition coefficient (Wildman–Crippen LogP) is 0.472. The standard InChI is InChI=1S/C12H18N2O2S/c1-16-13-8-4-2-6-10-17-14-9-5-3-7-12(15)11-14/h2,4,6,8,10H,3,5,7,9,11H2,1H3/p+1/b4-2-,10-6+,13-8+. The van der Waals surface area contributed by atoms with E-state index < -0.39 is 0 Å². The van der Waals surface area contributed by atoms with Crippen molar-refractivity contribution in [2.75, 3.05) is 20.2 Å². The van der Waals surface area contributed by atoms with E-state index in [-0.39, 0.29) is 0 Å². The summed E-state index contributed by atoms with van der Waals surface area (Å²) in [6.07, 6.45) is 10.2. The second-order valence-corrected chi connectivity index (χ2v) is 4.67. The molecule has 0 atom stereocenters. The fourth-order valence-electron chi connectivity index (χ4n) is 1.45. The molecule has 0 aromatic heterocycles. The molecular weight excluding hydrogens is 236 g/mol. The number of carbonyl (C=O) groups excluding carboxylic acids is 1. The van der Waals surface area contributed by atoms with Crippen molar-refractivity contribution in [3.63, 3.8) is 0 Å². The quantitative estimate of drug-likeness (QED) is 0.336. The van der Waals surface area contributed by atoms with Gasteiger partial charge in [-0.1, -0.05) is 12.2 Å². The summed E-state index contributed by atoms with van der Waals surface area (Å²) in [7, 11) is 1.56. The summed E-state index contributed by atoms with van der Waals surface area (Å²) in [5, 5.41) is 4.58. The predicted molar refractivity (Wildman–Crippen MR) is 70.3 cm³/mol. The van der Waals surface area contributed by atoms with Crippen molar-refractivity contribution in [1.29, 1.82) is 0 Å². The molecule has 1 aliphatic heterocycles. The Morgan fingerprint density at radius 3 is 3.06 bits per heavy atom. The smallest absolute Gasteiger partial charge is 0.213 e. The van der Waals surface area contributed by atoms with Crippen LogP contribution in [0.3, 0.4) is 0 Å². The molecule has 0 saturated carbocycles. The highest BCUT2D eigenvalue weighted by molar-refractivity contribution is 7.99. The van der Waals surface area contributed by atoms with Crippen molar-refractivity contribution in [2.45, 2.75) is 19.3 Å². The van der Waals surface area contributed by atoms with Gasteiger partial charge in [-0.05, 0) is 35.4 Å². The van der Waals surface area contributed by atoms with Crippen LogP contribution in [-0.4, -0.2) is 36.5 Å². The van der Waals surface area contributed by atoms with Crippen molar-refractivity contribution < 1.29 is 14.8 Å². The third-order valence-corrected chi connectivity index (χ3v) is 3.15. The van der Waals surface area contributed by atoms with E-state index in [4.69, 9.17) is 0 Å². The van der Waals surface area contributed by atoms with Crippen molar-refractivity contribution in [2.24, 2.45) is 0 Å². The monoisotopic (exact) mass is 255 g/mol. The van der Waals surface area contributed by atoms with Crippen LogP contribution in [0.2, 0.25) is 0 Å². The van der Waals surface area contributed by atoms with Crippen LogP contribution in [0.4, 0.5) is 0 Å². The fraction of sp³-hybridized carbons (Fsp3) is 0.500. The Kier molecular flexibility index (Phi) is 7.42. The summed E-state index contributed by atoms with van der Waals surface area (Å²) in [5.74, 6) is 0.344. The minimum absolute atomic E-state index is 0.344. The summed E-state index contributed by atoms with van der Waals surface area (Å²) in [4.78, 5) is 16.0. The molecule has 0 unspecified atom stereocenters. The van der Waals surface area contributed by atoms with Gasteiger partial charge in [0.15, 0.2) is 0 Å². The highest BCUT2D eigenvalue weighted by Gasteiger charge is 2.13.